The second-order valence-corrected chi connectivity index (χ2v) is 4.13. The van der Waals surface area contributed by atoms with Gasteiger partial charge in [0.15, 0.2) is 0 Å². The second kappa shape index (κ2) is 4.72. The van der Waals surface area contributed by atoms with Crippen molar-refractivity contribution in [2.45, 2.75) is 13.0 Å². The summed E-state index contributed by atoms with van der Waals surface area (Å²) in [7, 11) is 0. The van der Waals surface area contributed by atoms with Gasteiger partial charge in [-0.3, -0.25) is 0 Å². The lowest BCUT2D eigenvalue weighted by Gasteiger charge is -2.20. The third kappa shape index (κ3) is 2.76. The lowest BCUT2D eigenvalue weighted by atomic mass is 9.97. The van der Waals surface area contributed by atoms with Gasteiger partial charge in [0.1, 0.15) is 5.82 Å². The molecular formula is C10H9BrFO3-. The number of carboxylic acids is 1. The van der Waals surface area contributed by atoms with E-state index in [9.17, 15) is 19.4 Å². The van der Waals surface area contributed by atoms with Crippen molar-refractivity contribution in [1.82, 2.24) is 0 Å². The van der Waals surface area contributed by atoms with Gasteiger partial charge in [0.05, 0.1) is 6.10 Å². The van der Waals surface area contributed by atoms with Crippen LogP contribution >= 0.6 is 15.9 Å². The molecule has 3 nitrogen and oxygen atoms in total. The summed E-state index contributed by atoms with van der Waals surface area (Å²) in [6.45, 7) is 1.27. The maximum atomic E-state index is 13.3. The molecule has 0 aliphatic carbocycles. The van der Waals surface area contributed by atoms with E-state index in [4.69, 9.17) is 0 Å². The molecule has 0 bridgehead atoms. The molecule has 5 heteroatoms. The Labute approximate surface area is 94.7 Å². The Balaban J connectivity index is 3.01. The zero-order chi connectivity index (χ0) is 11.6. The van der Waals surface area contributed by atoms with Crippen LogP contribution in [-0.2, 0) is 4.79 Å². The van der Waals surface area contributed by atoms with Gasteiger partial charge in [0, 0.05) is 21.9 Å². The van der Waals surface area contributed by atoms with Gasteiger partial charge in [-0.25, -0.2) is 4.39 Å². The maximum Gasteiger partial charge on any atom is 0.130 e. The SMILES string of the molecule is C[C@@H](C(=O)[O-])[C@@H](O)c1ccc(Br)cc1F. The topological polar surface area (TPSA) is 60.4 Å². The predicted molar refractivity (Wildman–Crippen MR) is 53.2 cm³/mol. The van der Waals surface area contributed by atoms with E-state index in [0.29, 0.717) is 4.47 Å². The quantitative estimate of drug-likeness (QED) is 0.896. The molecule has 0 unspecified atom stereocenters. The Hall–Kier alpha value is -0.940. The molecule has 1 aromatic carbocycles. The van der Waals surface area contributed by atoms with Crippen molar-refractivity contribution in [2.75, 3.05) is 0 Å². The molecule has 0 aromatic heterocycles. The minimum atomic E-state index is -1.41. The third-order valence-electron chi connectivity index (χ3n) is 2.13. The standard InChI is InChI=1S/C10H10BrFO3/c1-5(10(14)15)9(13)7-3-2-6(11)4-8(7)12/h2-5,9,13H,1H3,(H,14,15)/p-1/t5-,9-/m1/s1. The number of benzene rings is 1. The van der Waals surface area contributed by atoms with E-state index in [0.717, 1.165) is 0 Å². The number of aliphatic hydroxyl groups is 1. The van der Waals surface area contributed by atoms with Crippen molar-refractivity contribution in [1.29, 1.82) is 0 Å². The average Bonchev–Trinajstić information content (AvgIpc) is 2.15. The number of hydrogen-bond donors (Lipinski definition) is 1. The first kappa shape index (κ1) is 12.1. The zero-order valence-electron chi connectivity index (χ0n) is 7.91. The first-order valence-electron chi connectivity index (χ1n) is 4.27. The molecule has 82 valence electrons. The largest absolute Gasteiger partial charge is 0.550 e. The van der Waals surface area contributed by atoms with Crippen molar-refractivity contribution < 1.29 is 19.4 Å². The van der Waals surface area contributed by atoms with Crippen LogP contribution in [0.5, 0.6) is 0 Å². The van der Waals surface area contributed by atoms with Crippen LogP contribution in [0.2, 0.25) is 0 Å². The Kier molecular flexibility index (Phi) is 3.82. The lowest BCUT2D eigenvalue weighted by Crippen LogP contribution is -2.33. The van der Waals surface area contributed by atoms with Crippen LogP contribution in [0.1, 0.15) is 18.6 Å². The lowest BCUT2D eigenvalue weighted by molar-refractivity contribution is -0.313. The van der Waals surface area contributed by atoms with Crippen LogP contribution in [0.3, 0.4) is 0 Å². The van der Waals surface area contributed by atoms with E-state index >= 15 is 0 Å². The summed E-state index contributed by atoms with van der Waals surface area (Å²) in [5.41, 5.74) is -0.0464. The van der Waals surface area contributed by atoms with E-state index in [-0.39, 0.29) is 5.56 Å². The Morgan fingerprint density at radius 2 is 2.20 bits per heavy atom. The van der Waals surface area contributed by atoms with E-state index in [1.165, 1.54) is 25.1 Å². The molecule has 2 atom stereocenters. The zero-order valence-corrected chi connectivity index (χ0v) is 9.49. The highest BCUT2D eigenvalue weighted by atomic mass is 79.9. The fourth-order valence-electron chi connectivity index (χ4n) is 1.14. The van der Waals surface area contributed by atoms with Gasteiger partial charge in [-0.2, -0.15) is 0 Å². The molecule has 1 aromatic rings. The molecule has 15 heavy (non-hydrogen) atoms. The Morgan fingerprint density at radius 1 is 1.60 bits per heavy atom. The summed E-state index contributed by atoms with van der Waals surface area (Å²) >= 11 is 3.06. The van der Waals surface area contributed by atoms with Crippen molar-refractivity contribution in [3.05, 3.63) is 34.1 Å². The van der Waals surface area contributed by atoms with Gasteiger partial charge >= 0.3 is 0 Å². The normalized spacial score (nSPS) is 14.7. The van der Waals surface area contributed by atoms with Crippen molar-refractivity contribution >= 4 is 21.9 Å². The highest BCUT2D eigenvalue weighted by Crippen LogP contribution is 2.26. The van der Waals surface area contributed by atoms with Gasteiger partial charge in [0.2, 0.25) is 0 Å². The molecule has 0 aliphatic heterocycles. The first-order chi connectivity index (χ1) is 6.93. The minimum absolute atomic E-state index is 0.0464. The monoisotopic (exact) mass is 275 g/mol. The van der Waals surface area contributed by atoms with Gasteiger partial charge in [-0.1, -0.05) is 28.9 Å². The summed E-state index contributed by atoms with van der Waals surface area (Å²) in [4.78, 5) is 10.5. The van der Waals surface area contributed by atoms with Crippen molar-refractivity contribution in [3.63, 3.8) is 0 Å². The maximum absolute atomic E-state index is 13.3. The molecule has 0 saturated carbocycles. The highest BCUT2D eigenvalue weighted by Gasteiger charge is 2.20. The van der Waals surface area contributed by atoms with Crippen molar-refractivity contribution in [3.8, 4) is 0 Å². The number of halogens is 2. The van der Waals surface area contributed by atoms with Crippen LogP contribution in [-0.4, -0.2) is 11.1 Å². The highest BCUT2D eigenvalue weighted by molar-refractivity contribution is 9.10. The van der Waals surface area contributed by atoms with Crippen molar-refractivity contribution in [2.24, 2.45) is 5.92 Å². The molecule has 1 rings (SSSR count). The predicted octanol–water partition coefficient (Wildman–Crippen LogP) is 1.01. The summed E-state index contributed by atoms with van der Waals surface area (Å²) in [6, 6.07) is 4.04. The van der Waals surface area contributed by atoms with Gasteiger partial charge in [-0.05, 0) is 12.1 Å². The number of carboxylic acid groups (broad SMARTS) is 1. The molecule has 0 amide bonds. The molecular weight excluding hydrogens is 267 g/mol. The number of aliphatic carboxylic acids is 1. The summed E-state index contributed by atoms with van der Waals surface area (Å²) < 4.78 is 13.8. The number of hydrogen-bond acceptors (Lipinski definition) is 3. The number of aliphatic hydroxyl groups excluding tert-OH is 1. The molecule has 0 heterocycles. The van der Waals surface area contributed by atoms with Crippen LogP contribution in [0, 0.1) is 11.7 Å². The summed E-state index contributed by atoms with van der Waals surface area (Å²) in [6.07, 6.45) is -1.40. The molecule has 0 spiro atoms. The molecule has 0 fully saturated rings. The summed E-state index contributed by atoms with van der Waals surface area (Å²) in [5, 5.41) is 20.0. The van der Waals surface area contributed by atoms with Crippen LogP contribution in [0.25, 0.3) is 0 Å². The molecule has 0 saturated heterocycles. The number of carbonyl (C=O) groups is 1. The van der Waals surface area contributed by atoms with E-state index < -0.39 is 23.8 Å². The first-order valence-corrected chi connectivity index (χ1v) is 5.06. The van der Waals surface area contributed by atoms with Gasteiger partial charge < -0.3 is 15.0 Å². The summed E-state index contributed by atoms with van der Waals surface area (Å²) in [5.74, 6) is -3.21. The third-order valence-corrected chi connectivity index (χ3v) is 2.62. The molecule has 0 aliphatic rings. The van der Waals surface area contributed by atoms with Crippen LogP contribution < -0.4 is 5.11 Å². The van der Waals surface area contributed by atoms with E-state index in [2.05, 4.69) is 15.9 Å². The molecule has 1 N–H and O–H groups in total. The van der Waals surface area contributed by atoms with Crippen LogP contribution in [0.15, 0.2) is 22.7 Å². The number of carbonyl (C=O) groups excluding carboxylic acids is 1. The van der Waals surface area contributed by atoms with E-state index in [1.807, 2.05) is 0 Å². The minimum Gasteiger partial charge on any atom is -0.550 e. The smallest absolute Gasteiger partial charge is 0.130 e. The fourth-order valence-corrected chi connectivity index (χ4v) is 1.47. The molecule has 0 radical (unpaired) electrons. The second-order valence-electron chi connectivity index (χ2n) is 3.22. The van der Waals surface area contributed by atoms with Gasteiger partial charge in [0.25, 0.3) is 0 Å². The fraction of sp³-hybridized carbons (Fsp3) is 0.300. The van der Waals surface area contributed by atoms with Gasteiger partial charge in [-0.15, -0.1) is 0 Å². The Bertz CT molecular complexity index is 381. The van der Waals surface area contributed by atoms with Crippen LogP contribution in [0.4, 0.5) is 4.39 Å². The van der Waals surface area contributed by atoms with E-state index in [1.54, 1.807) is 0 Å². The average molecular weight is 276 g/mol. The number of rotatable bonds is 3. The Morgan fingerprint density at radius 3 is 2.67 bits per heavy atom.